The second-order valence-corrected chi connectivity index (χ2v) is 4.91. The Labute approximate surface area is 125 Å². The molecule has 1 aliphatic rings. The lowest BCUT2D eigenvalue weighted by atomic mass is 9.82. The number of hydrogen-bond donors (Lipinski definition) is 0. The van der Waals surface area contributed by atoms with Crippen molar-refractivity contribution in [2.75, 3.05) is 0 Å². The van der Waals surface area contributed by atoms with Crippen molar-refractivity contribution in [3.63, 3.8) is 0 Å². The van der Waals surface area contributed by atoms with Gasteiger partial charge in [0.25, 0.3) is 0 Å². The summed E-state index contributed by atoms with van der Waals surface area (Å²) < 4.78 is 10.7. The lowest BCUT2D eigenvalue weighted by molar-refractivity contribution is 0.101. The van der Waals surface area contributed by atoms with Crippen LogP contribution in [0.1, 0.15) is 32.2 Å². The topological polar surface area (TPSA) is 60.4 Å². The van der Waals surface area contributed by atoms with E-state index < -0.39 is 0 Å². The van der Waals surface area contributed by atoms with Crippen LogP contribution >= 0.6 is 0 Å². The molecule has 0 unspecified atom stereocenters. The highest BCUT2D eigenvalue weighted by Crippen LogP contribution is 2.37. The van der Waals surface area contributed by atoms with Crippen molar-refractivity contribution in [2.24, 2.45) is 0 Å². The summed E-state index contributed by atoms with van der Waals surface area (Å²) in [4.78, 5) is 25.7. The van der Waals surface area contributed by atoms with Crippen molar-refractivity contribution < 1.29 is 18.4 Å². The molecule has 0 amide bonds. The van der Waals surface area contributed by atoms with Gasteiger partial charge in [0.2, 0.25) is 0 Å². The molecular weight excluding hydrogens is 280 g/mol. The molecular formula is C18H10O4. The highest BCUT2D eigenvalue weighted by molar-refractivity contribution is 6.51. The molecule has 0 radical (unpaired) electrons. The van der Waals surface area contributed by atoms with E-state index in [0.29, 0.717) is 22.6 Å². The lowest BCUT2D eigenvalue weighted by Crippen LogP contribution is -2.20. The van der Waals surface area contributed by atoms with E-state index in [9.17, 15) is 9.59 Å². The zero-order valence-electron chi connectivity index (χ0n) is 11.4. The molecule has 3 aromatic rings. The normalized spacial score (nSPS) is 14.4. The van der Waals surface area contributed by atoms with E-state index in [1.54, 1.807) is 48.5 Å². The number of ketones is 2. The number of furan rings is 2. The van der Waals surface area contributed by atoms with Crippen LogP contribution in [0, 0.1) is 0 Å². The van der Waals surface area contributed by atoms with Gasteiger partial charge in [-0.05, 0) is 24.3 Å². The van der Waals surface area contributed by atoms with Crippen LogP contribution in [-0.4, -0.2) is 11.6 Å². The maximum absolute atomic E-state index is 12.9. The largest absolute Gasteiger partial charge is 0.464 e. The van der Waals surface area contributed by atoms with Crippen LogP contribution in [-0.2, 0) is 0 Å². The summed E-state index contributed by atoms with van der Waals surface area (Å²) in [6.07, 6.45) is 2.95. The van der Waals surface area contributed by atoms with Gasteiger partial charge in [0.15, 0.2) is 11.6 Å². The van der Waals surface area contributed by atoms with Crippen molar-refractivity contribution in [3.8, 4) is 0 Å². The van der Waals surface area contributed by atoms with E-state index in [4.69, 9.17) is 8.83 Å². The van der Waals surface area contributed by atoms with Gasteiger partial charge in [-0.1, -0.05) is 24.3 Å². The first kappa shape index (κ1) is 12.6. The number of rotatable bonds is 2. The number of hydrogen-bond acceptors (Lipinski definition) is 4. The second-order valence-electron chi connectivity index (χ2n) is 4.91. The first-order valence-corrected chi connectivity index (χ1v) is 6.78. The fraction of sp³-hybridized carbons (Fsp3) is 0. The zero-order valence-corrected chi connectivity index (χ0v) is 11.4. The Kier molecular flexibility index (Phi) is 2.69. The van der Waals surface area contributed by atoms with Crippen molar-refractivity contribution in [2.45, 2.75) is 0 Å². The molecule has 106 valence electrons. The molecule has 4 nitrogen and oxygen atoms in total. The van der Waals surface area contributed by atoms with Gasteiger partial charge in [0.05, 0.1) is 23.7 Å². The third-order valence-electron chi connectivity index (χ3n) is 3.66. The number of Topliss-reactive ketones (excluding diaryl/α,β-unsaturated/α-hetero) is 2. The molecule has 4 rings (SSSR count). The van der Waals surface area contributed by atoms with Crippen LogP contribution in [0.4, 0.5) is 0 Å². The molecule has 0 saturated heterocycles. The fourth-order valence-electron chi connectivity index (χ4n) is 2.69. The summed E-state index contributed by atoms with van der Waals surface area (Å²) in [5, 5.41) is 0. The van der Waals surface area contributed by atoms with Crippen LogP contribution in [0.5, 0.6) is 0 Å². The maximum atomic E-state index is 12.9. The lowest BCUT2D eigenvalue weighted by Gasteiger charge is -2.18. The summed E-state index contributed by atoms with van der Waals surface area (Å²) in [5.74, 6) is 0.242. The quantitative estimate of drug-likeness (QED) is 0.719. The van der Waals surface area contributed by atoms with Gasteiger partial charge >= 0.3 is 0 Å². The predicted octanol–water partition coefficient (Wildman–Crippen LogP) is 3.86. The van der Waals surface area contributed by atoms with Crippen molar-refractivity contribution in [1.29, 1.82) is 0 Å². The van der Waals surface area contributed by atoms with Gasteiger partial charge in [0.1, 0.15) is 11.5 Å². The number of allylic oxidation sites excluding steroid dienone is 2. The SMILES string of the molecule is O=C1C(c2ccco2)=C(c2ccco2)C(=O)c2ccccc21. The van der Waals surface area contributed by atoms with Crippen molar-refractivity contribution in [1.82, 2.24) is 0 Å². The van der Waals surface area contributed by atoms with E-state index in [-0.39, 0.29) is 22.7 Å². The number of fused-ring (bicyclic) bond motifs is 1. The average Bonchev–Trinajstić information content (AvgIpc) is 3.23. The third-order valence-corrected chi connectivity index (χ3v) is 3.66. The van der Waals surface area contributed by atoms with Gasteiger partial charge in [-0.25, -0.2) is 0 Å². The Hall–Kier alpha value is -3.14. The molecule has 22 heavy (non-hydrogen) atoms. The minimum absolute atomic E-state index is 0.239. The van der Waals surface area contributed by atoms with Gasteiger partial charge < -0.3 is 8.83 Å². The van der Waals surface area contributed by atoms with Crippen LogP contribution in [0.25, 0.3) is 11.1 Å². The standard InChI is InChI=1S/C18H10O4/c19-17-11-5-1-2-6-12(11)18(20)16(14-8-4-10-22-14)15(17)13-7-3-9-21-13/h1-10H. The van der Waals surface area contributed by atoms with E-state index in [2.05, 4.69) is 0 Å². The van der Waals surface area contributed by atoms with Crippen molar-refractivity contribution in [3.05, 3.63) is 83.7 Å². The predicted molar refractivity (Wildman–Crippen MR) is 79.3 cm³/mol. The van der Waals surface area contributed by atoms with Crippen LogP contribution in [0.3, 0.4) is 0 Å². The van der Waals surface area contributed by atoms with Gasteiger partial charge in [-0.3, -0.25) is 9.59 Å². The Bertz CT molecular complexity index is 821. The minimum atomic E-state index is -0.239. The molecule has 0 fully saturated rings. The molecule has 0 aliphatic heterocycles. The molecule has 1 aromatic carbocycles. The summed E-state index contributed by atoms with van der Waals surface area (Å²) >= 11 is 0. The molecule has 0 spiro atoms. The summed E-state index contributed by atoms with van der Waals surface area (Å²) in [7, 11) is 0. The van der Waals surface area contributed by atoms with Gasteiger partial charge in [-0.2, -0.15) is 0 Å². The number of benzene rings is 1. The van der Waals surface area contributed by atoms with E-state index in [1.165, 1.54) is 12.5 Å². The first-order chi connectivity index (χ1) is 10.8. The number of carbonyl (C=O) groups is 2. The van der Waals surface area contributed by atoms with E-state index in [0.717, 1.165) is 0 Å². The second kappa shape index (κ2) is 4.70. The molecule has 0 N–H and O–H groups in total. The smallest absolute Gasteiger partial charge is 0.198 e. The van der Waals surface area contributed by atoms with Crippen LogP contribution in [0.15, 0.2) is 69.9 Å². The average molecular weight is 290 g/mol. The van der Waals surface area contributed by atoms with E-state index in [1.807, 2.05) is 0 Å². The van der Waals surface area contributed by atoms with E-state index >= 15 is 0 Å². The molecule has 2 heterocycles. The fourth-order valence-corrected chi connectivity index (χ4v) is 2.69. The Morgan fingerprint density at radius 2 is 1.05 bits per heavy atom. The van der Waals surface area contributed by atoms with Gasteiger partial charge in [0, 0.05) is 11.1 Å². The molecule has 0 saturated carbocycles. The Balaban J connectivity index is 2.06. The van der Waals surface area contributed by atoms with Crippen LogP contribution < -0.4 is 0 Å². The summed E-state index contributed by atoms with van der Waals surface area (Å²) in [5.41, 5.74) is 1.25. The highest BCUT2D eigenvalue weighted by Gasteiger charge is 2.35. The minimum Gasteiger partial charge on any atom is -0.464 e. The maximum Gasteiger partial charge on any atom is 0.198 e. The Morgan fingerprint density at radius 3 is 1.41 bits per heavy atom. The third kappa shape index (κ3) is 1.71. The molecule has 0 atom stereocenters. The number of carbonyl (C=O) groups excluding carboxylic acids is 2. The molecule has 2 aromatic heterocycles. The van der Waals surface area contributed by atoms with Crippen LogP contribution in [0.2, 0.25) is 0 Å². The first-order valence-electron chi connectivity index (χ1n) is 6.78. The summed E-state index contributed by atoms with van der Waals surface area (Å²) in [6.45, 7) is 0. The molecule has 0 bridgehead atoms. The zero-order chi connectivity index (χ0) is 15.1. The van der Waals surface area contributed by atoms with Crippen molar-refractivity contribution >= 4 is 22.7 Å². The highest BCUT2D eigenvalue weighted by atomic mass is 16.3. The molecule has 1 aliphatic carbocycles. The van der Waals surface area contributed by atoms with Gasteiger partial charge in [-0.15, -0.1) is 0 Å². The monoisotopic (exact) mass is 290 g/mol. The summed E-state index contributed by atoms with van der Waals surface area (Å²) in [6, 6.07) is 13.5. The Morgan fingerprint density at radius 1 is 0.591 bits per heavy atom. The molecule has 4 heteroatoms.